The highest BCUT2D eigenvalue weighted by Gasteiger charge is 2.11. The Kier molecular flexibility index (Phi) is 4.43. The molecule has 6 nitrogen and oxygen atoms in total. The predicted molar refractivity (Wildman–Crippen MR) is 76.1 cm³/mol. The van der Waals surface area contributed by atoms with Crippen molar-refractivity contribution in [3.8, 4) is 11.8 Å². The normalized spacial score (nSPS) is 10.9. The summed E-state index contributed by atoms with van der Waals surface area (Å²) in [5, 5.41) is 13.9. The molecule has 2 rings (SSSR count). The van der Waals surface area contributed by atoms with Crippen molar-refractivity contribution in [1.82, 2.24) is 4.98 Å². The molecule has 0 saturated heterocycles. The van der Waals surface area contributed by atoms with Gasteiger partial charge in [-0.2, -0.15) is 5.26 Å². The van der Waals surface area contributed by atoms with E-state index in [-0.39, 0.29) is 22.2 Å². The number of ether oxygens (including phenoxy) is 1. The number of benzene rings is 1. The molecule has 0 aliphatic heterocycles. The Balaban J connectivity index is 2.15. The van der Waals surface area contributed by atoms with Crippen molar-refractivity contribution in [1.29, 1.82) is 5.26 Å². The first kappa shape index (κ1) is 15.3. The minimum Gasteiger partial charge on any atom is -0.487 e. The fourth-order valence-corrected chi connectivity index (χ4v) is 2.40. The van der Waals surface area contributed by atoms with Gasteiger partial charge in [0.25, 0.3) is 0 Å². The van der Waals surface area contributed by atoms with Gasteiger partial charge in [0.1, 0.15) is 24.1 Å². The van der Waals surface area contributed by atoms with Crippen LogP contribution in [0, 0.1) is 11.3 Å². The van der Waals surface area contributed by atoms with Crippen LogP contribution in [0.4, 0.5) is 0 Å². The quantitative estimate of drug-likeness (QED) is 0.923. The Bertz CT molecular complexity index is 816. The van der Waals surface area contributed by atoms with Crippen LogP contribution in [0.5, 0.6) is 5.75 Å². The van der Waals surface area contributed by atoms with Gasteiger partial charge in [-0.15, -0.1) is 0 Å². The number of nitrogens with two attached hydrogens (primary N) is 1. The van der Waals surface area contributed by atoms with Crippen LogP contribution in [0.1, 0.15) is 11.3 Å². The van der Waals surface area contributed by atoms with Gasteiger partial charge >= 0.3 is 0 Å². The minimum absolute atomic E-state index is 0.0875. The van der Waals surface area contributed by atoms with Crippen LogP contribution in [0.15, 0.2) is 41.4 Å². The summed E-state index contributed by atoms with van der Waals surface area (Å²) in [6.45, 7) is 0.172. The number of pyridine rings is 1. The van der Waals surface area contributed by atoms with E-state index >= 15 is 0 Å². The largest absolute Gasteiger partial charge is 0.487 e. The van der Waals surface area contributed by atoms with Crippen molar-refractivity contribution in [2.75, 3.05) is 0 Å². The first-order valence-corrected chi connectivity index (χ1v) is 7.63. The summed E-state index contributed by atoms with van der Waals surface area (Å²) in [6, 6.07) is 9.18. The maximum absolute atomic E-state index is 11.2. The Morgan fingerprint density at radius 3 is 2.71 bits per heavy atom. The number of sulfonamides is 1. The molecule has 108 valence electrons. The van der Waals surface area contributed by atoms with Crippen molar-refractivity contribution < 1.29 is 13.2 Å². The molecule has 2 aromatic rings. The lowest BCUT2D eigenvalue weighted by Gasteiger charge is -2.09. The van der Waals surface area contributed by atoms with E-state index in [4.69, 9.17) is 26.7 Å². The molecule has 1 aromatic carbocycles. The van der Waals surface area contributed by atoms with Gasteiger partial charge in [0.15, 0.2) is 0 Å². The number of rotatable bonds is 4. The molecule has 1 aromatic heterocycles. The number of hydrogen-bond donors (Lipinski definition) is 1. The van der Waals surface area contributed by atoms with Crippen LogP contribution < -0.4 is 9.88 Å². The Labute approximate surface area is 126 Å². The summed E-state index contributed by atoms with van der Waals surface area (Å²) in [4.78, 5) is 3.76. The van der Waals surface area contributed by atoms with Crippen molar-refractivity contribution >= 4 is 21.6 Å². The molecule has 0 aliphatic rings. The molecular weight excluding hydrogens is 314 g/mol. The second-order valence-electron chi connectivity index (χ2n) is 4.09. The SMILES string of the molecule is N#Cc1cc(COc2ccc(S(N)(=O)=O)cc2Cl)ccn1. The van der Waals surface area contributed by atoms with Crippen molar-refractivity contribution in [3.05, 3.63) is 52.8 Å². The zero-order chi connectivity index (χ0) is 15.5. The molecule has 0 spiro atoms. The number of aromatic nitrogens is 1. The zero-order valence-corrected chi connectivity index (χ0v) is 12.2. The maximum Gasteiger partial charge on any atom is 0.238 e. The molecule has 0 saturated carbocycles. The van der Waals surface area contributed by atoms with E-state index in [2.05, 4.69) is 4.98 Å². The highest BCUT2D eigenvalue weighted by atomic mass is 35.5. The number of nitrogens with zero attached hydrogens (tertiary/aromatic N) is 2. The highest BCUT2D eigenvalue weighted by Crippen LogP contribution is 2.27. The molecule has 0 aliphatic carbocycles. The average molecular weight is 324 g/mol. The van der Waals surface area contributed by atoms with Gasteiger partial charge in [-0.25, -0.2) is 18.5 Å². The van der Waals surface area contributed by atoms with Gasteiger partial charge < -0.3 is 4.74 Å². The Morgan fingerprint density at radius 1 is 1.33 bits per heavy atom. The van der Waals surface area contributed by atoms with Crippen LogP contribution in [0.3, 0.4) is 0 Å². The van der Waals surface area contributed by atoms with Gasteiger partial charge in [0, 0.05) is 6.20 Å². The van der Waals surface area contributed by atoms with E-state index in [0.29, 0.717) is 5.75 Å². The number of nitriles is 1. The number of primary sulfonamides is 1. The summed E-state index contributed by atoms with van der Waals surface area (Å²) < 4.78 is 27.9. The van der Waals surface area contributed by atoms with Crippen LogP contribution in [-0.4, -0.2) is 13.4 Å². The van der Waals surface area contributed by atoms with Gasteiger partial charge in [-0.05, 0) is 35.9 Å². The summed E-state index contributed by atoms with van der Waals surface area (Å²) in [7, 11) is -3.80. The summed E-state index contributed by atoms with van der Waals surface area (Å²) in [6.07, 6.45) is 1.50. The third kappa shape index (κ3) is 3.92. The maximum atomic E-state index is 11.2. The van der Waals surface area contributed by atoms with Crippen molar-refractivity contribution in [2.24, 2.45) is 5.14 Å². The lowest BCUT2D eigenvalue weighted by Crippen LogP contribution is -2.12. The molecule has 8 heteroatoms. The molecule has 21 heavy (non-hydrogen) atoms. The lowest BCUT2D eigenvalue weighted by molar-refractivity contribution is 0.306. The van der Waals surface area contributed by atoms with Gasteiger partial charge in [-0.3, -0.25) is 0 Å². The van der Waals surface area contributed by atoms with Crippen LogP contribution >= 0.6 is 11.6 Å². The van der Waals surface area contributed by atoms with Gasteiger partial charge in [0.2, 0.25) is 10.0 Å². The monoisotopic (exact) mass is 323 g/mol. The third-order valence-electron chi connectivity index (χ3n) is 2.57. The molecule has 1 heterocycles. The standard InChI is InChI=1S/C13H10ClN3O3S/c14-12-6-11(21(16,18)19)1-2-13(12)20-8-9-3-4-17-10(5-9)7-15/h1-6H,8H2,(H2,16,18,19). The summed E-state index contributed by atoms with van der Waals surface area (Å²) in [5.74, 6) is 0.319. The second-order valence-corrected chi connectivity index (χ2v) is 6.06. The molecule has 0 atom stereocenters. The van der Waals surface area contributed by atoms with E-state index < -0.39 is 10.0 Å². The molecule has 0 fully saturated rings. The van der Waals surface area contributed by atoms with Crippen LogP contribution in [0.2, 0.25) is 5.02 Å². The van der Waals surface area contributed by atoms with E-state index in [9.17, 15) is 8.42 Å². The average Bonchev–Trinajstić information content (AvgIpc) is 2.45. The smallest absolute Gasteiger partial charge is 0.238 e. The Hall–Kier alpha value is -2.14. The fourth-order valence-electron chi connectivity index (χ4n) is 1.56. The highest BCUT2D eigenvalue weighted by molar-refractivity contribution is 7.89. The van der Waals surface area contributed by atoms with Crippen LogP contribution in [0.25, 0.3) is 0 Å². The van der Waals surface area contributed by atoms with Crippen molar-refractivity contribution in [2.45, 2.75) is 11.5 Å². The predicted octanol–water partition coefficient (Wildman–Crippen LogP) is 1.83. The third-order valence-corrected chi connectivity index (χ3v) is 3.77. The summed E-state index contributed by atoms with van der Waals surface area (Å²) >= 11 is 5.95. The van der Waals surface area contributed by atoms with E-state index in [1.807, 2.05) is 6.07 Å². The van der Waals surface area contributed by atoms with Gasteiger partial charge in [-0.1, -0.05) is 11.6 Å². The first-order valence-electron chi connectivity index (χ1n) is 5.70. The lowest BCUT2D eigenvalue weighted by atomic mass is 10.2. The molecule has 0 amide bonds. The molecule has 2 N–H and O–H groups in total. The number of halogens is 1. The molecular formula is C13H10ClN3O3S. The number of hydrogen-bond acceptors (Lipinski definition) is 5. The van der Waals surface area contributed by atoms with Gasteiger partial charge in [0.05, 0.1) is 9.92 Å². The first-order chi connectivity index (χ1) is 9.90. The van der Waals surface area contributed by atoms with Crippen molar-refractivity contribution in [3.63, 3.8) is 0 Å². The molecule has 0 unspecified atom stereocenters. The Morgan fingerprint density at radius 2 is 2.10 bits per heavy atom. The molecule has 0 bridgehead atoms. The van der Waals surface area contributed by atoms with Crippen LogP contribution in [-0.2, 0) is 16.6 Å². The van der Waals surface area contributed by atoms with E-state index in [1.54, 1.807) is 12.1 Å². The van der Waals surface area contributed by atoms with E-state index in [1.165, 1.54) is 24.4 Å². The topological polar surface area (TPSA) is 106 Å². The fraction of sp³-hybridized carbons (Fsp3) is 0.0769. The molecule has 0 radical (unpaired) electrons. The second kappa shape index (κ2) is 6.10. The summed E-state index contributed by atoms with van der Waals surface area (Å²) in [5.41, 5.74) is 1.03. The van der Waals surface area contributed by atoms with E-state index in [0.717, 1.165) is 5.56 Å². The zero-order valence-electron chi connectivity index (χ0n) is 10.7. The minimum atomic E-state index is -3.80.